The van der Waals surface area contributed by atoms with Gasteiger partial charge in [-0.15, -0.1) is 0 Å². The van der Waals surface area contributed by atoms with Crippen molar-refractivity contribution in [3.8, 4) is 0 Å². The van der Waals surface area contributed by atoms with E-state index in [-0.39, 0.29) is 5.78 Å². The van der Waals surface area contributed by atoms with Crippen molar-refractivity contribution in [2.24, 2.45) is 0 Å². The van der Waals surface area contributed by atoms with E-state index in [1.807, 2.05) is 12.1 Å². The van der Waals surface area contributed by atoms with E-state index in [1.54, 1.807) is 36.0 Å². The molecule has 0 unspecified atom stereocenters. The molecule has 0 saturated heterocycles. The molecule has 0 radical (unpaired) electrons. The molecule has 0 spiro atoms. The zero-order valence-electron chi connectivity index (χ0n) is 9.29. The average molecular weight is 321 g/mol. The number of carbonyl (C=O) groups excluding carboxylic acids is 1. The Bertz CT molecular complexity index is 572. The molecule has 2 rings (SSSR count). The zero-order chi connectivity index (χ0) is 12.8. The van der Waals surface area contributed by atoms with Crippen LogP contribution in [0.25, 0.3) is 0 Å². The molecule has 0 N–H and O–H groups in total. The molecule has 1 aromatic heterocycles. The van der Waals surface area contributed by atoms with Crippen molar-refractivity contribution in [3.05, 3.63) is 64.2 Å². The van der Waals surface area contributed by atoms with E-state index in [9.17, 15) is 4.79 Å². The van der Waals surface area contributed by atoms with Gasteiger partial charge < -0.3 is 0 Å². The monoisotopic (exact) mass is 320 g/mol. The van der Waals surface area contributed by atoms with Gasteiger partial charge in [0.25, 0.3) is 0 Å². The van der Waals surface area contributed by atoms with Crippen LogP contribution in [0.15, 0.2) is 63.8 Å². The van der Waals surface area contributed by atoms with E-state index in [2.05, 4.69) is 25.9 Å². The van der Waals surface area contributed by atoms with Gasteiger partial charge in [-0.25, -0.2) is 9.97 Å². The predicted molar refractivity (Wildman–Crippen MR) is 75.5 cm³/mol. The Hall–Kier alpha value is -1.46. The standard InChI is InChI=1S/C13H9BrN2OS/c14-11-4-1-3-10(9-11)12(17)5-8-18-13-15-6-2-7-16-13/h1-9H/b8-5+. The van der Waals surface area contributed by atoms with Crippen molar-refractivity contribution in [1.82, 2.24) is 9.97 Å². The van der Waals surface area contributed by atoms with Gasteiger partial charge in [0, 0.05) is 22.4 Å². The fourth-order valence-corrected chi connectivity index (χ4v) is 2.20. The summed E-state index contributed by atoms with van der Waals surface area (Å²) in [6.45, 7) is 0. The second-order valence-corrected chi connectivity index (χ2v) is 5.12. The van der Waals surface area contributed by atoms with Crippen molar-refractivity contribution in [3.63, 3.8) is 0 Å². The van der Waals surface area contributed by atoms with E-state index in [4.69, 9.17) is 0 Å². The molecular weight excluding hydrogens is 312 g/mol. The number of hydrogen-bond donors (Lipinski definition) is 0. The first kappa shape index (κ1) is 13.0. The normalized spacial score (nSPS) is 10.7. The second kappa shape index (κ2) is 6.47. The highest BCUT2D eigenvalue weighted by Crippen LogP contribution is 2.15. The Morgan fingerprint density at radius 3 is 2.72 bits per heavy atom. The molecule has 0 aliphatic rings. The van der Waals surface area contributed by atoms with Crippen LogP contribution in [-0.2, 0) is 0 Å². The first-order chi connectivity index (χ1) is 8.75. The van der Waals surface area contributed by atoms with Crippen molar-refractivity contribution >= 4 is 33.5 Å². The van der Waals surface area contributed by atoms with Gasteiger partial charge in [0.2, 0.25) is 0 Å². The second-order valence-electron chi connectivity index (χ2n) is 3.33. The number of halogens is 1. The predicted octanol–water partition coefficient (Wildman–Crippen LogP) is 3.73. The minimum absolute atomic E-state index is 0.0419. The summed E-state index contributed by atoms with van der Waals surface area (Å²) in [5, 5.41) is 2.31. The van der Waals surface area contributed by atoms with E-state index in [1.165, 1.54) is 17.8 Å². The largest absolute Gasteiger partial charge is 0.289 e. The number of rotatable bonds is 4. The molecular formula is C13H9BrN2OS. The summed E-state index contributed by atoms with van der Waals surface area (Å²) in [4.78, 5) is 19.9. The molecule has 1 heterocycles. The molecule has 1 aromatic carbocycles. The van der Waals surface area contributed by atoms with Crippen LogP contribution in [-0.4, -0.2) is 15.8 Å². The Labute approximate surface area is 117 Å². The zero-order valence-corrected chi connectivity index (χ0v) is 11.7. The van der Waals surface area contributed by atoms with Gasteiger partial charge in [-0.05, 0) is 29.7 Å². The Kier molecular flexibility index (Phi) is 4.66. The first-order valence-electron chi connectivity index (χ1n) is 5.16. The molecule has 0 aliphatic carbocycles. The Morgan fingerprint density at radius 2 is 2.00 bits per heavy atom. The SMILES string of the molecule is O=C(/C=C/Sc1ncccn1)c1cccc(Br)c1. The smallest absolute Gasteiger partial charge is 0.191 e. The number of benzene rings is 1. The third-order valence-corrected chi connectivity index (χ3v) is 3.23. The molecule has 0 aliphatic heterocycles. The summed E-state index contributed by atoms with van der Waals surface area (Å²) in [7, 11) is 0. The molecule has 0 bridgehead atoms. The number of thioether (sulfide) groups is 1. The quantitative estimate of drug-likeness (QED) is 0.372. The maximum absolute atomic E-state index is 11.8. The van der Waals surface area contributed by atoms with Crippen LogP contribution in [0.3, 0.4) is 0 Å². The highest BCUT2D eigenvalue weighted by Gasteiger charge is 2.01. The minimum Gasteiger partial charge on any atom is -0.289 e. The van der Waals surface area contributed by atoms with Crippen LogP contribution >= 0.6 is 27.7 Å². The van der Waals surface area contributed by atoms with Gasteiger partial charge in [-0.3, -0.25) is 4.79 Å². The fraction of sp³-hybridized carbons (Fsp3) is 0. The highest BCUT2D eigenvalue weighted by atomic mass is 79.9. The highest BCUT2D eigenvalue weighted by molar-refractivity contribution is 9.10. The van der Waals surface area contributed by atoms with E-state index < -0.39 is 0 Å². The van der Waals surface area contributed by atoms with Gasteiger partial charge in [-0.1, -0.05) is 39.8 Å². The average Bonchev–Trinajstić information content (AvgIpc) is 2.40. The van der Waals surface area contributed by atoms with Crippen LogP contribution in [0, 0.1) is 0 Å². The summed E-state index contributed by atoms with van der Waals surface area (Å²) < 4.78 is 0.890. The van der Waals surface area contributed by atoms with E-state index >= 15 is 0 Å². The lowest BCUT2D eigenvalue weighted by Crippen LogP contribution is -1.93. The number of aromatic nitrogens is 2. The van der Waals surface area contributed by atoms with Gasteiger partial charge in [0.15, 0.2) is 10.9 Å². The summed E-state index contributed by atoms with van der Waals surface area (Å²) in [5.74, 6) is -0.0419. The lowest BCUT2D eigenvalue weighted by molar-refractivity contribution is 0.104. The maximum Gasteiger partial charge on any atom is 0.191 e. The summed E-state index contributed by atoms with van der Waals surface area (Å²) >= 11 is 4.65. The topological polar surface area (TPSA) is 42.9 Å². The number of nitrogens with zero attached hydrogens (tertiary/aromatic N) is 2. The number of ketones is 1. The molecule has 0 amide bonds. The molecule has 18 heavy (non-hydrogen) atoms. The number of carbonyl (C=O) groups is 1. The van der Waals surface area contributed by atoms with E-state index in [0.717, 1.165) is 4.47 Å². The van der Waals surface area contributed by atoms with Crippen LogP contribution in [0.1, 0.15) is 10.4 Å². The lowest BCUT2D eigenvalue weighted by atomic mass is 10.1. The van der Waals surface area contributed by atoms with Crippen molar-refractivity contribution < 1.29 is 4.79 Å². The molecule has 2 aromatic rings. The van der Waals surface area contributed by atoms with Gasteiger partial charge in [-0.2, -0.15) is 0 Å². The minimum atomic E-state index is -0.0419. The third kappa shape index (κ3) is 3.78. The number of allylic oxidation sites excluding steroid dienone is 1. The van der Waals surface area contributed by atoms with Crippen molar-refractivity contribution in [1.29, 1.82) is 0 Å². The molecule has 90 valence electrons. The van der Waals surface area contributed by atoms with Crippen LogP contribution < -0.4 is 0 Å². The lowest BCUT2D eigenvalue weighted by Gasteiger charge is -1.96. The van der Waals surface area contributed by atoms with E-state index in [0.29, 0.717) is 10.7 Å². The van der Waals surface area contributed by atoms with Gasteiger partial charge >= 0.3 is 0 Å². The van der Waals surface area contributed by atoms with Crippen LogP contribution in [0.5, 0.6) is 0 Å². The van der Waals surface area contributed by atoms with Crippen LogP contribution in [0.2, 0.25) is 0 Å². The van der Waals surface area contributed by atoms with Gasteiger partial charge in [0.05, 0.1) is 0 Å². The maximum atomic E-state index is 11.8. The Balaban J connectivity index is 1.99. The van der Waals surface area contributed by atoms with Crippen molar-refractivity contribution in [2.75, 3.05) is 0 Å². The summed E-state index contributed by atoms with van der Waals surface area (Å²) in [5.41, 5.74) is 0.648. The number of hydrogen-bond acceptors (Lipinski definition) is 4. The first-order valence-corrected chi connectivity index (χ1v) is 6.83. The molecule has 3 nitrogen and oxygen atoms in total. The molecule has 0 saturated carbocycles. The summed E-state index contributed by atoms with van der Waals surface area (Å²) in [6.07, 6.45) is 4.85. The molecule has 5 heteroatoms. The van der Waals surface area contributed by atoms with Gasteiger partial charge in [0.1, 0.15) is 0 Å². The van der Waals surface area contributed by atoms with Crippen molar-refractivity contribution in [2.45, 2.75) is 5.16 Å². The summed E-state index contributed by atoms with van der Waals surface area (Å²) in [6, 6.07) is 9.03. The molecule has 0 fully saturated rings. The molecule has 0 atom stereocenters. The fourth-order valence-electron chi connectivity index (χ4n) is 1.24. The van der Waals surface area contributed by atoms with Crippen LogP contribution in [0.4, 0.5) is 0 Å². The Morgan fingerprint density at radius 1 is 1.22 bits per heavy atom. The third-order valence-electron chi connectivity index (χ3n) is 2.04.